The summed E-state index contributed by atoms with van der Waals surface area (Å²) < 4.78 is 71.3. The van der Waals surface area contributed by atoms with Crippen molar-refractivity contribution in [3.8, 4) is 0 Å². The number of carboxylic acids is 1. The Labute approximate surface area is 311 Å². The second kappa shape index (κ2) is 40.8. The predicted molar refractivity (Wildman–Crippen MR) is 194 cm³/mol. The molecule has 0 fully saturated rings. The van der Waals surface area contributed by atoms with E-state index in [-0.39, 0.29) is 18.7 Å². The summed E-state index contributed by atoms with van der Waals surface area (Å²) in [5.41, 5.74) is 0. The minimum Gasteiger partial charge on any atom is -0.481 e. The maximum absolute atomic E-state index is 11.4. The second-order valence-electron chi connectivity index (χ2n) is 11.9. The van der Waals surface area contributed by atoms with Crippen molar-refractivity contribution in [2.45, 2.75) is 38.9 Å². The van der Waals surface area contributed by atoms with Crippen molar-refractivity contribution in [2.24, 2.45) is 0 Å². The zero-order valence-electron chi connectivity index (χ0n) is 32.1. The van der Waals surface area contributed by atoms with Crippen LogP contribution in [0.5, 0.6) is 0 Å². The number of amides is 1. The Bertz CT molecular complexity index is 765. The molecule has 0 saturated heterocycles. The van der Waals surface area contributed by atoms with E-state index in [1.807, 2.05) is 0 Å². The number of hydrogen-bond donors (Lipinski definition) is 2. The molecule has 0 radical (unpaired) electrons. The first-order chi connectivity index (χ1) is 25.3. The van der Waals surface area contributed by atoms with E-state index in [1.165, 1.54) is 0 Å². The zero-order chi connectivity index (χ0) is 38.1. The van der Waals surface area contributed by atoms with Gasteiger partial charge in [-0.25, -0.2) is 0 Å². The molecule has 0 aliphatic carbocycles. The second-order valence-corrected chi connectivity index (χ2v) is 16.4. The van der Waals surface area contributed by atoms with E-state index < -0.39 is 14.3 Å². The van der Waals surface area contributed by atoms with Gasteiger partial charge in [0, 0.05) is 19.6 Å². The first kappa shape index (κ1) is 50.6. The minimum absolute atomic E-state index is 0.0112. The van der Waals surface area contributed by atoms with Crippen molar-refractivity contribution in [1.82, 2.24) is 5.32 Å². The minimum atomic E-state index is -1.46. The lowest BCUT2D eigenvalue weighted by Crippen LogP contribution is -2.27. The van der Waals surface area contributed by atoms with Crippen LogP contribution in [0.2, 0.25) is 19.6 Å². The van der Waals surface area contributed by atoms with Gasteiger partial charge in [0.25, 0.3) is 0 Å². The van der Waals surface area contributed by atoms with E-state index >= 15 is 0 Å². The molecule has 0 aromatic heterocycles. The summed E-state index contributed by atoms with van der Waals surface area (Å²) in [6.07, 6.45) is 0.474. The van der Waals surface area contributed by atoms with Gasteiger partial charge in [0.2, 0.25) is 5.91 Å². The van der Waals surface area contributed by atoms with Gasteiger partial charge in [-0.05, 0) is 26.1 Å². The summed E-state index contributed by atoms with van der Waals surface area (Å²) >= 11 is 0. The van der Waals surface area contributed by atoms with E-state index in [9.17, 15) is 9.59 Å². The van der Waals surface area contributed by atoms with E-state index in [0.717, 1.165) is 0 Å². The van der Waals surface area contributed by atoms with Crippen molar-refractivity contribution in [3.63, 3.8) is 0 Å². The van der Waals surface area contributed by atoms with Crippen LogP contribution in [0.1, 0.15) is 19.3 Å². The van der Waals surface area contributed by atoms with Crippen molar-refractivity contribution in [2.75, 3.05) is 172 Å². The Morgan fingerprint density at radius 2 is 0.654 bits per heavy atom. The Morgan fingerprint density at radius 1 is 0.404 bits per heavy atom. The SMILES string of the molecule is C[Si](C)(C)OCCOCCOCCOCCOCCOCCOCCOCCOCCOCCOCCOCCOCCCNC(=O)CCC(=O)O. The molecule has 0 atom stereocenters. The molecule has 0 aromatic rings. The van der Waals surface area contributed by atoms with Crippen molar-refractivity contribution >= 4 is 20.2 Å². The van der Waals surface area contributed by atoms with Gasteiger partial charge in [-0.1, -0.05) is 0 Å². The first-order valence-corrected chi connectivity index (χ1v) is 21.8. The molecule has 0 unspecified atom stereocenters. The average Bonchev–Trinajstić information content (AvgIpc) is 3.11. The highest BCUT2D eigenvalue weighted by molar-refractivity contribution is 6.69. The molecule has 310 valence electrons. The maximum Gasteiger partial charge on any atom is 0.303 e. The van der Waals surface area contributed by atoms with Crippen LogP contribution in [0, 0.1) is 0 Å². The molecule has 0 saturated carbocycles. The highest BCUT2D eigenvalue weighted by Gasteiger charge is 2.13. The van der Waals surface area contributed by atoms with Gasteiger partial charge in [-0.3, -0.25) is 9.59 Å². The standard InChI is InChI=1S/C34H69NO16Si/c1-52(2,3)51-32-31-50-30-29-49-28-27-48-26-25-47-24-23-46-22-21-45-20-19-44-18-17-43-16-15-42-14-13-41-12-11-40-10-9-39-8-4-7-35-33(36)5-6-34(37)38/h4-32H2,1-3H3,(H,35,36)(H,37,38). The Hall–Kier alpha value is -1.36. The average molecular weight is 776 g/mol. The number of nitrogens with one attached hydrogen (secondary N) is 1. The summed E-state index contributed by atoms with van der Waals surface area (Å²) in [6.45, 7) is 19.5. The fourth-order valence-corrected chi connectivity index (χ4v) is 4.33. The smallest absolute Gasteiger partial charge is 0.303 e. The van der Waals surface area contributed by atoms with Crippen LogP contribution in [-0.2, 0) is 70.9 Å². The van der Waals surface area contributed by atoms with E-state index in [1.54, 1.807) is 0 Å². The molecule has 1 amide bonds. The number of hydrogen-bond acceptors (Lipinski definition) is 15. The fraction of sp³-hybridized carbons (Fsp3) is 0.941. The van der Waals surface area contributed by atoms with Gasteiger partial charge in [0.05, 0.1) is 165 Å². The number of carboxylic acid groups (broad SMARTS) is 1. The van der Waals surface area contributed by atoms with Gasteiger partial charge >= 0.3 is 5.97 Å². The molecule has 0 spiro atoms. The quantitative estimate of drug-likeness (QED) is 0.0668. The number of rotatable bonds is 44. The van der Waals surface area contributed by atoms with Crippen LogP contribution in [-0.4, -0.2) is 197 Å². The van der Waals surface area contributed by atoms with Crippen molar-refractivity contribution < 1.29 is 76.0 Å². The molecule has 52 heavy (non-hydrogen) atoms. The predicted octanol–water partition coefficient (Wildman–Crippen LogP) is 1.41. The lowest BCUT2D eigenvalue weighted by Gasteiger charge is -2.16. The van der Waals surface area contributed by atoms with E-state index in [4.69, 9.17) is 66.4 Å². The van der Waals surface area contributed by atoms with Gasteiger partial charge in [-0.2, -0.15) is 0 Å². The van der Waals surface area contributed by atoms with Crippen LogP contribution >= 0.6 is 0 Å². The first-order valence-electron chi connectivity index (χ1n) is 18.4. The van der Waals surface area contributed by atoms with E-state index in [2.05, 4.69) is 25.0 Å². The summed E-state index contributed by atoms with van der Waals surface area (Å²) in [7, 11) is -1.46. The number of ether oxygens (including phenoxy) is 12. The van der Waals surface area contributed by atoms with Crippen LogP contribution in [0.4, 0.5) is 0 Å². The summed E-state index contributed by atoms with van der Waals surface area (Å²) in [4.78, 5) is 21.8. The molecule has 0 rings (SSSR count). The van der Waals surface area contributed by atoms with Gasteiger partial charge in [0.1, 0.15) is 0 Å². The molecule has 2 N–H and O–H groups in total. The van der Waals surface area contributed by atoms with Crippen LogP contribution in [0.25, 0.3) is 0 Å². The Morgan fingerprint density at radius 3 is 0.904 bits per heavy atom. The number of carbonyl (C=O) groups excluding carboxylic acids is 1. The third-order valence-corrected chi connectivity index (χ3v) is 7.28. The van der Waals surface area contributed by atoms with Crippen LogP contribution in [0.15, 0.2) is 0 Å². The van der Waals surface area contributed by atoms with Crippen LogP contribution < -0.4 is 5.32 Å². The highest BCUT2D eigenvalue weighted by atomic mass is 28.4. The fourth-order valence-electron chi connectivity index (χ4n) is 3.64. The molecular formula is C34H69NO16Si. The molecule has 17 nitrogen and oxygen atoms in total. The molecule has 0 aromatic carbocycles. The summed E-state index contributed by atoms with van der Waals surface area (Å²) in [5.74, 6) is -1.25. The summed E-state index contributed by atoms with van der Waals surface area (Å²) in [5, 5.41) is 11.2. The van der Waals surface area contributed by atoms with Crippen molar-refractivity contribution in [1.29, 1.82) is 0 Å². The summed E-state index contributed by atoms with van der Waals surface area (Å²) in [6, 6.07) is 0. The lowest BCUT2D eigenvalue weighted by molar-refractivity contribution is -0.138. The lowest BCUT2D eigenvalue weighted by atomic mass is 10.3. The molecule has 0 heterocycles. The Kier molecular flexibility index (Phi) is 39.7. The van der Waals surface area contributed by atoms with Gasteiger partial charge < -0.3 is 71.7 Å². The number of carbonyl (C=O) groups is 2. The van der Waals surface area contributed by atoms with Crippen LogP contribution in [0.3, 0.4) is 0 Å². The monoisotopic (exact) mass is 775 g/mol. The van der Waals surface area contributed by atoms with Gasteiger partial charge in [-0.15, -0.1) is 0 Å². The van der Waals surface area contributed by atoms with E-state index in [0.29, 0.717) is 178 Å². The normalized spacial score (nSPS) is 11.8. The third-order valence-electron chi connectivity index (χ3n) is 6.21. The topological polar surface area (TPSA) is 186 Å². The molecule has 18 heteroatoms. The maximum atomic E-state index is 11.4. The zero-order valence-corrected chi connectivity index (χ0v) is 33.1. The van der Waals surface area contributed by atoms with Gasteiger partial charge in [0.15, 0.2) is 8.32 Å². The largest absolute Gasteiger partial charge is 0.481 e. The molecule has 0 aliphatic heterocycles. The molecule has 0 bridgehead atoms. The highest BCUT2D eigenvalue weighted by Crippen LogP contribution is 2.01. The third kappa shape index (κ3) is 46.7. The van der Waals surface area contributed by atoms with Crippen molar-refractivity contribution in [3.05, 3.63) is 0 Å². The Balaban J connectivity index is 3.10. The molecule has 0 aliphatic rings. The molecular weight excluding hydrogens is 706 g/mol. The number of aliphatic carboxylic acids is 1.